The standard InChI is InChI=1S/C12H12O/c1-4-6-11-9-12(13-3)8-7-10(11)5-2/h2,4,6-9H,1,3H3/i6D. The van der Waals surface area contributed by atoms with Gasteiger partial charge in [-0.1, -0.05) is 18.0 Å². The Labute approximate surface area is 80.4 Å². The van der Waals surface area contributed by atoms with Crippen LogP contribution in [0.25, 0.3) is 6.05 Å². The van der Waals surface area contributed by atoms with Gasteiger partial charge in [-0.25, -0.2) is 0 Å². The molecular weight excluding hydrogens is 160 g/mol. The van der Waals surface area contributed by atoms with Gasteiger partial charge in [0.05, 0.1) is 8.48 Å². The van der Waals surface area contributed by atoms with E-state index >= 15 is 0 Å². The zero-order valence-corrected chi connectivity index (χ0v) is 7.79. The van der Waals surface area contributed by atoms with Crippen molar-refractivity contribution in [1.29, 1.82) is 0 Å². The molecule has 0 saturated carbocycles. The van der Waals surface area contributed by atoms with Crippen molar-refractivity contribution in [2.75, 3.05) is 7.11 Å². The molecule has 0 radical (unpaired) electrons. The summed E-state index contributed by atoms with van der Waals surface area (Å²) in [4.78, 5) is 0. The minimum Gasteiger partial charge on any atom is -0.497 e. The molecule has 0 aliphatic rings. The van der Waals surface area contributed by atoms with Gasteiger partial charge in [-0.15, -0.1) is 6.42 Å². The molecule has 0 spiro atoms. The van der Waals surface area contributed by atoms with Crippen molar-refractivity contribution in [3.8, 4) is 18.1 Å². The summed E-state index contributed by atoms with van der Waals surface area (Å²) in [7, 11) is 1.59. The van der Waals surface area contributed by atoms with Gasteiger partial charge in [0.15, 0.2) is 0 Å². The summed E-state index contributed by atoms with van der Waals surface area (Å²) < 4.78 is 12.8. The second-order valence-corrected chi connectivity index (χ2v) is 2.49. The number of rotatable bonds is 2. The second kappa shape index (κ2) is 4.37. The molecule has 1 rings (SSSR count). The summed E-state index contributed by atoms with van der Waals surface area (Å²) in [6.45, 7) is 1.81. The van der Waals surface area contributed by atoms with Gasteiger partial charge >= 0.3 is 0 Å². The predicted molar refractivity (Wildman–Crippen MR) is 55.6 cm³/mol. The summed E-state index contributed by atoms with van der Waals surface area (Å²) in [5, 5.41) is 0. The van der Waals surface area contributed by atoms with Crippen molar-refractivity contribution in [3.05, 3.63) is 35.4 Å². The van der Waals surface area contributed by atoms with Crippen LogP contribution in [0, 0.1) is 12.3 Å². The highest BCUT2D eigenvalue weighted by Crippen LogP contribution is 2.18. The van der Waals surface area contributed by atoms with Gasteiger partial charge in [-0.05, 0) is 30.7 Å². The van der Waals surface area contributed by atoms with Crippen LogP contribution >= 0.6 is 0 Å². The van der Waals surface area contributed by atoms with Crippen molar-refractivity contribution in [2.45, 2.75) is 6.92 Å². The second-order valence-electron chi connectivity index (χ2n) is 2.49. The molecule has 0 bridgehead atoms. The topological polar surface area (TPSA) is 9.23 Å². The van der Waals surface area contributed by atoms with Gasteiger partial charge in [0, 0.05) is 5.56 Å². The fourth-order valence-corrected chi connectivity index (χ4v) is 1.05. The first-order valence-electron chi connectivity index (χ1n) is 4.51. The van der Waals surface area contributed by atoms with Crippen molar-refractivity contribution in [1.82, 2.24) is 0 Å². The van der Waals surface area contributed by atoms with Gasteiger partial charge in [0.1, 0.15) is 5.75 Å². The van der Waals surface area contributed by atoms with Crippen LogP contribution in [-0.2, 0) is 0 Å². The highest BCUT2D eigenvalue weighted by atomic mass is 16.5. The molecule has 0 saturated heterocycles. The largest absolute Gasteiger partial charge is 0.497 e. The van der Waals surface area contributed by atoms with Crippen LogP contribution in [0.4, 0.5) is 0 Å². The van der Waals surface area contributed by atoms with E-state index in [9.17, 15) is 0 Å². The molecule has 0 N–H and O–H groups in total. The molecule has 0 aliphatic heterocycles. The maximum absolute atomic E-state index is 7.69. The van der Waals surface area contributed by atoms with E-state index in [0.29, 0.717) is 17.4 Å². The number of methoxy groups -OCH3 is 1. The minimum absolute atomic E-state index is 0.414. The van der Waals surface area contributed by atoms with E-state index in [1.807, 2.05) is 6.92 Å². The van der Waals surface area contributed by atoms with Crippen LogP contribution in [0.2, 0.25) is 0 Å². The molecule has 66 valence electrons. The Hall–Kier alpha value is -1.68. The molecule has 0 fully saturated rings. The number of allylic oxidation sites excluding steroid dienone is 1. The molecule has 0 aromatic heterocycles. The first-order valence-corrected chi connectivity index (χ1v) is 4.01. The Morgan fingerprint density at radius 3 is 2.92 bits per heavy atom. The van der Waals surface area contributed by atoms with E-state index in [0.717, 1.165) is 5.56 Å². The van der Waals surface area contributed by atoms with Gasteiger partial charge in [0.2, 0.25) is 0 Å². The molecule has 1 aromatic carbocycles. The average Bonchev–Trinajstić information content (AvgIpc) is 2.27. The first kappa shape index (κ1) is 7.94. The molecule has 0 aliphatic carbocycles. The van der Waals surface area contributed by atoms with E-state index in [2.05, 4.69) is 5.92 Å². The molecule has 1 nitrogen and oxygen atoms in total. The Kier molecular flexibility index (Phi) is 2.67. The number of terminal acetylenes is 1. The van der Waals surface area contributed by atoms with E-state index in [1.54, 1.807) is 31.4 Å². The third kappa shape index (κ3) is 2.13. The normalized spacial score (nSPS) is 11.8. The number of hydrogen-bond acceptors (Lipinski definition) is 1. The molecule has 0 atom stereocenters. The van der Waals surface area contributed by atoms with Crippen LogP contribution in [0.1, 0.15) is 19.4 Å². The van der Waals surface area contributed by atoms with Gasteiger partial charge in [-0.3, -0.25) is 0 Å². The van der Waals surface area contributed by atoms with E-state index < -0.39 is 0 Å². The van der Waals surface area contributed by atoms with Crippen LogP contribution in [-0.4, -0.2) is 7.11 Å². The van der Waals surface area contributed by atoms with Crippen LogP contribution in [0.5, 0.6) is 5.75 Å². The SMILES string of the molecule is [2H]C(=CC)c1cc(OC)ccc1C#C. The fraction of sp³-hybridized carbons (Fsp3) is 0.167. The van der Waals surface area contributed by atoms with Crippen molar-refractivity contribution in [2.24, 2.45) is 0 Å². The van der Waals surface area contributed by atoms with Crippen LogP contribution in [0.3, 0.4) is 0 Å². The molecule has 0 unspecified atom stereocenters. The lowest BCUT2D eigenvalue weighted by atomic mass is 10.1. The summed E-state index contributed by atoms with van der Waals surface area (Å²) in [6, 6.07) is 5.77. The molecule has 0 amide bonds. The smallest absolute Gasteiger partial charge is 0.119 e. The van der Waals surface area contributed by atoms with E-state index in [1.165, 1.54) is 0 Å². The average molecular weight is 173 g/mol. The quantitative estimate of drug-likeness (QED) is 0.625. The maximum Gasteiger partial charge on any atom is 0.119 e. The zero-order chi connectivity index (χ0) is 10.6. The Morgan fingerprint density at radius 2 is 2.38 bits per heavy atom. The van der Waals surface area contributed by atoms with E-state index in [4.69, 9.17) is 12.5 Å². The monoisotopic (exact) mass is 173 g/mol. The zero-order valence-electron chi connectivity index (χ0n) is 8.79. The lowest BCUT2D eigenvalue weighted by molar-refractivity contribution is 0.414. The van der Waals surface area contributed by atoms with Gasteiger partial charge < -0.3 is 4.74 Å². The number of benzene rings is 1. The highest BCUT2D eigenvalue weighted by molar-refractivity contribution is 5.60. The summed E-state index contributed by atoms with van der Waals surface area (Å²) >= 11 is 0. The Morgan fingerprint density at radius 1 is 1.62 bits per heavy atom. The lowest BCUT2D eigenvalue weighted by Crippen LogP contribution is -1.86. The maximum atomic E-state index is 7.69. The van der Waals surface area contributed by atoms with Gasteiger partial charge in [0.25, 0.3) is 0 Å². The summed E-state index contributed by atoms with van der Waals surface area (Å²) in [5.41, 5.74) is 1.45. The third-order valence-electron chi connectivity index (χ3n) is 1.68. The van der Waals surface area contributed by atoms with Crippen LogP contribution in [0.15, 0.2) is 24.3 Å². The Bertz CT molecular complexity index is 399. The molecular formula is C12H12O. The Balaban J connectivity index is 3.31. The lowest BCUT2D eigenvalue weighted by Gasteiger charge is -2.03. The molecule has 13 heavy (non-hydrogen) atoms. The van der Waals surface area contributed by atoms with Gasteiger partial charge in [-0.2, -0.15) is 0 Å². The summed E-state index contributed by atoms with van der Waals surface area (Å²) in [5.74, 6) is 3.26. The molecule has 0 heterocycles. The summed E-state index contributed by atoms with van der Waals surface area (Å²) in [6.07, 6.45) is 7.04. The van der Waals surface area contributed by atoms with Crippen molar-refractivity contribution in [3.63, 3.8) is 0 Å². The van der Waals surface area contributed by atoms with Crippen LogP contribution < -0.4 is 4.74 Å². The minimum atomic E-state index is 0.414. The predicted octanol–water partition coefficient (Wildman–Crippen LogP) is 2.71. The molecule has 1 heteroatoms. The van der Waals surface area contributed by atoms with Crippen molar-refractivity contribution < 1.29 is 6.11 Å². The highest BCUT2D eigenvalue weighted by Gasteiger charge is 1.98. The first-order chi connectivity index (χ1) is 6.72. The molecule has 1 aromatic rings. The van der Waals surface area contributed by atoms with Crippen molar-refractivity contribution >= 4 is 6.05 Å². The number of hydrogen-bond donors (Lipinski definition) is 0. The fourth-order valence-electron chi connectivity index (χ4n) is 1.05. The van der Waals surface area contributed by atoms with E-state index in [-0.39, 0.29) is 0 Å². The third-order valence-corrected chi connectivity index (χ3v) is 1.68. The number of ether oxygens (including phenoxy) is 1.